The zero-order chi connectivity index (χ0) is 26.3. The van der Waals surface area contributed by atoms with Crippen molar-refractivity contribution in [2.45, 2.75) is 57.3 Å². The Morgan fingerprint density at radius 3 is 2.39 bits per heavy atom. The highest BCUT2D eigenvalue weighted by atomic mass is 19.1. The lowest BCUT2D eigenvalue weighted by Crippen LogP contribution is -2.47. The Hall–Kier alpha value is -3.50. The van der Waals surface area contributed by atoms with Gasteiger partial charge >= 0.3 is 0 Å². The molecule has 36 heavy (non-hydrogen) atoms. The first kappa shape index (κ1) is 27.1. The predicted molar refractivity (Wildman–Crippen MR) is 129 cm³/mol. The number of rotatable bonds is 11. The van der Waals surface area contributed by atoms with Gasteiger partial charge < -0.3 is 10.4 Å². The molecule has 2 aromatic carbocycles. The summed E-state index contributed by atoms with van der Waals surface area (Å²) >= 11 is 0. The lowest BCUT2D eigenvalue weighted by atomic mass is 9.88. The fraction of sp³-hybridized carbons (Fsp3) is 0.385. The maximum absolute atomic E-state index is 14.0. The van der Waals surface area contributed by atoms with E-state index in [2.05, 4.69) is 15.3 Å². The van der Waals surface area contributed by atoms with Crippen molar-refractivity contribution in [3.05, 3.63) is 71.8 Å². The van der Waals surface area contributed by atoms with Crippen molar-refractivity contribution in [1.82, 2.24) is 20.8 Å². The summed E-state index contributed by atoms with van der Waals surface area (Å²) in [6.45, 7) is 2.75. The van der Waals surface area contributed by atoms with Crippen LogP contribution in [-0.4, -0.2) is 49.9 Å². The lowest BCUT2D eigenvalue weighted by molar-refractivity contribution is -0.135. The number of halogens is 2. The van der Waals surface area contributed by atoms with Gasteiger partial charge in [0.05, 0.1) is 29.4 Å². The van der Waals surface area contributed by atoms with E-state index >= 15 is 0 Å². The zero-order valence-electron chi connectivity index (χ0n) is 20.1. The number of hydrogen-bond acceptors (Lipinski definition) is 6. The molecule has 0 aliphatic rings. The molecule has 192 valence electrons. The number of nitrogens with zero attached hydrogens (tertiary/aromatic N) is 2. The molecule has 1 aromatic heterocycles. The Labute approximate surface area is 207 Å². The van der Waals surface area contributed by atoms with Gasteiger partial charge in [0.2, 0.25) is 5.91 Å². The molecule has 4 N–H and O–H groups in total. The average Bonchev–Trinajstić information content (AvgIpc) is 2.85. The van der Waals surface area contributed by atoms with Gasteiger partial charge in [0, 0.05) is 5.92 Å². The van der Waals surface area contributed by atoms with E-state index in [1.807, 2.05) is 0 Å². The van der Waals surface area contributed by atoms with Gasteiger partial charge in [0.1, 0.15) is 17.2 Å². The predicted octanol–water partition coefficient (Wildman–Crippen LogP) is 3.51. The van der Waals surface area contributed by atoms with Gasteiger partial charge in [0.15, 0.2) is 0 Å². The molecule has 0 saturated heterocycles. The highest BCUT2D eigenvalue weighted by Crippen LogP contribution is 2.24. The summed E-state index contributed by atoms with van der Waals surface area (Å²) in [7, 11) is 0. The van der Waals surface area contributed by atoms with Crippen LogP contribution in [0.5, 0.6) is 0 Å². The molecule has 0 aliphatic heterocycles. The standard InChI is InChI=1S/C26H30F2N4O4/c1-26(2,28)12-11-17(24(34)32-36)14-23(33)21(13-16-7-9-18(27)10-8-16)31-25(35)22-15-29-19-5-3-4-6-20(19)30-22/h3-10,15,17,21,23,33,36H,11-14H2,1-2H3,(H,31,35)(H,32,34). The number of nitrogens with one attached hydrogen (secondary N) is 2. The van der Waals surface area contributed by atoms with Crippen LogP contribution in [0.15, 0.2) is 54.7 Å². The lowest BCUT2D eigenvalue weighted by Gasteiger charge is -2.28. The highest BCUT2D eigenvalue weighted by Gasteiger charge is 2.30. The van der Waals surface area contributed by atoms with E-state index in [0.29, 0.717) is 16.6 Å². The number of alkyl halides is 1. The molecule has 0 saturated carbocycles. The molecule has 0 bridgehead atoms. The number of aliphatic hydroxyl groups excluding tert-OH is 1. The third-order valence-electron chi connectivity index (χ3n) is 5.93. The summed E-state index contributed by atoms with van der Waals surface area (Å²) < 4.78 is 27.4. The van der Waals surface area contributed by atoms with E-state index < -0.39 is 41.4 Å². The van der Waals surface area contributed by atoms with E-state index in [1.54, 1.807) is 29.7 Å². The van der Waals surface area contributed by atoms with Crippen molar-refractivity contribution < 1.29 is 28.7 Å². The summed E-state index contributed by atoms with van der Waals surface area (Å²) in [5, 5.41) is 22.9. The van der Waals surface area contributed by atoms with Crippen molar-refractivity contribution in [3.63, 3.8) is 0 Å². The van der Waals surface area contributed by atoms with E-state index in [1.165, 1.54) is 44.3 Å². The first-order chi connectivity index (χ1) is 17.1. The Bertz CT molecular complexity index is 1180. The number of aliphatic hydroxyl groups is 1. The smallest absolute Gasteiger partial charge is 0.271 e. The van der Waals surface area contributed by atoms with Crippen molar-refractivity contribution in [3.8, 4) is 0 Å². The summed E-state index contributed by atoms with van der Waals surface area (Å²) in [5.74, 6) is -2.69. The van der Waals surface area contributed by atoms with Crippen LogP contribution in [0.1, 0.15) is 49.2 Å². The zero-order valence-corrected chi connectivity index (χ0v) is 20.1. The van der Waals surface area contributed by atoms with Crippen LogP contribution in [0.2, 0.25) is 0 Å². The van der Waals surface area contributed by atoms with E-state index in [9.17, 15) is 23.5 Å². The first-order valence-corrected chi connectivity index (χ1v) is 11.6. The van der Waals surface area contributed by atoms with Gasteiger partial charge in [-0.15, -0.1) is 0 Å². The largest absolute Gasteiger partial charge is 0.391 e. The summed E-state index contributed by atoms with van der Waals surface area (Å²) in [5.41, 5.74) is 1.83. The van der Waals surface area contributed by atoms with Crippen LogP contribution in [-0.2, 0) is 11.2 Å². The van der Waals surface area contributed by atoms with Gasteiger partial charge in [-0.2, -0.15) is 0 Å². The number of amides is 2. The van der Waals surface area contributed by atoms with Crippen LogP contribution in [0, 0.1) is 11.7 Å². The van der Waals surface area contributed by atoms with Crippen molar-refractivity contribution in [2.75, 3.05) is 0 Å². The molecule has 0 radical (unpaired) electrons. The molecular formula is C26H30F2N4O4. The number of hydrogen-bond donors (Lipinski definition) is 4. The summed E-state index contributed by atoms with van der Waals surface area (Å²) in [4.78, 5) is 33.8. The molecule has 0 spiro atoms. The van der Waals surface area contributed by atoms with Gasteiger partial charge in [-0.1, -0.05) is 24.3 Å². The van der Waals surface area contributed by atoms with Gasteiger partial charge in [-0.3, -0.25) is 19.8 Å². The molecule has 3 unspecified atom stereocenters. The Morgan fingerprint density at radius 1 is 1.08 bits per heavy atom. The van der Waals surface area contributed by atoms with Crippen molar-refractivity contribution >= 4 is 22.8 Å². The van der Waals surface area contributed by atoms with Crippen LogP contribution in [0.3, 0.4) is 0 Å². The fourth-order valence-corrected chi connectivity index (χ4v) is 3.89. The Morgan fingerprint density at radius 2 is 1.75 bits per heavy atom. The second-order valence-corrected chi connectivity index (χ2v) is 9.39. The third-order valence-corrected chi connectivity index (χ3v) is 5.93. The van der Waals surface area contributed by atoms with Crippen molar-refractivity contribution in [2.24, 2.45) is 5.92 Å². The number of aromatic nitrogens is 2. The molecule has 3 rings (SSSR count). The number of carbonyl (C=O) groups excluding carboxylic acids is 2. The minimum Gasteiger partial charge on any atom is -0.391 e. The normalized spacial score (nSPS) is 14.2. The summed E-state index contributed by atoms with van der Waals surface area (Å²) in [6, 6.07) is 11.7. The first-order valence-electron chi connectivity index (χ1n) is 11.6. The minimum atomic E-state index is -1.55. The second-order valence-electron chi connectivity index (χ2n) is 9.39. The number of hydroxylamine groups is 1. The number of fused-ring (bicyclic) bond motifs is 1. The topological polar surface area (TPSA) is 124 Å². The third kappa shape index (κ3) is 7.76. The van der Waals surface area contributed by atoms with Crippen LogP contribution in [0.4, 0.5) is 8.78 Å². The van der Waals surface area contributed by atoms with E-state index in [-0.39, 0.29) is 31.4 Å². The van der Waals surface area contributed by atoms with Crippen LogP contribution in [0.25, 0.3) is 11.0 Å². The van der Waals surface area contributed by atoms with E-state index in [4.69, 9.17) is 5.21 Å². The summed E-state index contributed by atoms with van der Waals surface area (Å²) in [6.07, 6.45) is 0.135. The number of benzene rings is 2. The monoisotopic (exact) mass is 500 g/mol. The second kappa shape index (κ2) is 12.0. The SMILES string of the molecule is CC(C)(F)CCC(CC(O)C(Cc1ccc(F)cc1)NC(=O)c1cnc2ccccc2n1)C(=O)NO. The Kier molecular flexibility index (Phi) is 9.00. The molecule has 1 heterocycles. The van der Waals surface area contributed by atoms with Crippen molar-refractivity contribution in [1.29, 1.82) is 0 Å². The molecule has 2 amide bonds. The molecule has 0 aliphatic carbocycles. The molecule has 8 nitrogen and oxygen atoms in total. The molecule has 0 fully saturated rings. The molecular weight excluding hydrogens is 470 g/mol. The molecule has 10 heteroatoms. The molecule has 3 atom stereocenters. The minimum absolute atomic E-state index is 0.0273. The Balaban J connectivity index is 1.82. The average molecular weight is 501 g/mol. The maximum Gasteiger partial charge on any atom is 0.271 e. The number of para-hydroxylation sites is 2. The number of carbonyl (C=O) groups is 2. The van der Waals surface area contributed by atoms with Crippen LogP contribution < -0.4 is 10.8 Å². The van der Waals surface area contributed by atoms with Gasteiger partial charge in [-0.25, -0.2) is 19.2 Å². The maximum atomic E-state index is 14.0. The van der Waals surface area contributed by atoms with E-state index in [0.717, 1.165) is 0 Å². The quantitative estimate of drug-likeness (QED) is 0.236. The molecule has 3 aromatic rings. The fourth-order valence-electron chi connectivity index (χ4n) is 3.89. The van der Waals surface area contributed by atoms with Gasteiger partial charge in [0.25, 0.3) is 5.91 Å². The van der Waals surface area contributed by atoms with Gasteiger partial charge in [-0.05, 0) is 69.4 Å². The van der Waals surface area contributed by atoms with Crippen LogP contribution >= 0.6 is 0 Å². The highest BCUT2D eigenvalue weighted by molar-refractivity contribution is 5.94.